The number of fused-ring (bicyclic) bond motifs is 1. The first kappa shape index (κ1) is 14.4. The lowest BCUT2D eigenvalue weighted by molar-refractivity contribution is 0.420. The molecule has 0 aliphatic carbocycles. The molecular weight excluding hydrogens is 276 g/mol. The Morgan fingerprint density at radius 1 is 1.14 bits per heavy atom. The number of hydrogen-bond acceptors (Lipinski definition) is 4. The van der Waals surface area contributed by atoms with Crippen LogP contribution in [0.25, 0.3) is 10.8 Å². The van der Waals surface area contributed by atoms with Gasteiger partial charge in [-0.25, -0.2) is 4.98 Å². The van der Waals surface area contributed by atoms with Crippen LogP contribution in [0.2, 0.25) is 0 Å². The van der Waals surface area contributed by atoms with Gasteiger partial charge in [-0.3, -0.25) is 5.10 Å². The van der Waals surface area contributed by atoms with Crippen molar-refractivity contribution in [3.8, 4) is 5.75 Å². The average Bonchev–Trinajstić information content (AvgIpc) is 2.90. The van der Waals surface area contributed by atoms with Gasteiger partial charge in [0, 0.05) is 22.5 Å². The zero-order chi connectivity index (χ0) is 15.7. The van der Waals surface area contributed by atoms with Crippen LogP contribution >= 0.6 is 0 Å². The first-order valence-electron chi connectivity index (χ1n) is 7.35. The maximum absolute atomic E-state index is 5.49. The van der Waals surface area contributed by atoms with Crippen LogP contribution in [-0.4, -0.2) is 22.3 Å². The third kappa shape index (κ3) is 2.62. The van der Waals surface area contributed by atoms with Crippen LogP contribution in [0.5, 0.6) is 5.75 Å². The van der Waals surface area contributed by atoms with E-state index in [0.717, 1.165) is 39.5 Å². The normalized spacial score (nSPS) is 11.1. The van der Waals surface area contributed by atoms with E-state index in [2.05, 4.69) is 35.4 Å². The number of ether oxygens (including phenoxy) is 1. The number of pyridine rings is 1. The van der Waals surface area contributed by atoms with Gasteiger partial charge in [0.05, 0.1) is 12.8 Å². The van der Waals surface area contributed by atoms with Crippen molar-refractivity contribution >= 4 is 22.4 Å². The van der Waals surface area contributed by atoms with Crippen LogP contribution in [0.1, 0.15) is 31.2 Å². The predicted octanol–water partition coefficient (Wildman–Crippen LogP) is 4.14. The van der Waals surface area contributed by atoms with Gasteiger partial charge in [-0.2, -0.15) is 5.10 Å². The summed E-state index contributed by atoms with van der Waals surface area (Å²) in [4.78, 5) is 4.76. The second-order valence-corrected chi connectivity index (χ2v) is 5.66. The molecule has 3 rings (SSSR count). The number of hydrogen-bond donors (Lipinski definition) is 2. The molecule has 0 aliphatic rings. The Morgan fingerprint density at radius 2 is 1.95 bits per heavy atom. The number of benzene rings is 1. The summed E-state index contributed by atoms with van der Waals surface area (Å²) in [6.45, 7) is 6.25. The highest BCUT2D eigenvalue weighted by Crippen LogP contribution is 2.33. The predicted molar refractivity (Wildman–Crippen MR) is 89.0 cm³/mol. The molecule has 3 aromatic rings. The van der Waals surface area contributed by atoms with E-state index >= 15 is 0 Å². The van der Waals surface area contributed by atoms with Crippen LogP contribution in [0.3, 0.4) is 0 Å². The summed E-state index contributed by atoms with van der Waals surface area (Å²) in [5, 5.41) is 12.6. The molecule has 0 saturated carbocycles. The molecule has 0 spiro atoms. The van der Waals surface area contributed by atoms with Gasteiger partial charge in [0.15, 0.2) is 5.82 Å². The standard InChI is InChI=1S/C17H20N4O/c1-10(2)17-12-6-5-7-14(22-4)13(12)9-15(19-17)18-16-8-11(3)20-21-16/h5-10H,1-4H3,(H2,18,19,20,21). The summed E-state index contributed by atoms with van der Waals surface area (Å²) in [6.07, 6.45) is 0. The Balaban J connectivity index is 2.14. The minimum absolute atomic E-state index is 0.317. The molecule has 0 radical (unpaired) electrons. The number of rotatable bonds is 4. The first-order chi connectivity index (χ1) is 10.6. The fourth-order valence-corrected chi connectivity index (χ4v) is 2.57. The average molecular weight is 296 g/mol. The molecule has 2 aromatic heterocycles. The molecule has 0 fully saturated rings. The molecule has 0 aliphatic heterocycles. The molecule has 5 nitrogen and oxygen atoms in total. The molecular formula is C17H20N4O. The van der Waals surface area contributed by atoms with E-state index in [0.29, 0.717) is 5.92 Å². The summed E-state index contributed by atoms with van der Waals surface area (Å²) < 4.78 is 5.49. The van der Waals surface area contributed by atoms with Gasteiger partial charge in [-0.15, -0.1) is 0 Å². The zero-order valence-electron chi connectivity index (χ0n) is 13.3. The van der Waals surface area contributed by atoms with Gasteiger partial charge in [0.1, 0.15) is 11.6 Å². The quantitative estimate of drug-likeness (QED) is 0.759. The van der Waals surface area contributed by atoms with Crippen LogP contribution in [0.15, 0.2) is 30.3 Å². The molecule has 114 valence electrons. The SMILES string of the molecule is COc1cccc2c(C(C)C)nc(Nc3cc(C)[nH]n3)cc12. The second-order valence-electron chi connectivity index (χ2n) is 5.66. The lowest BCUT2D eigenvalue weighted by Crippen LogP contribution is -2.01. The second kappa shape index (κ2) is 5.67. The van der Waals surface area contributed by atoms with Crippen molar-refractivity contribution in [3.63, 3.8) is 0 Å². The maximum Gasteiger partial charge on any atom is 0.153 e. The Kier molecular flexibility index (Phi) is 3.71. The third-order valence-corrected chi connectivity index (χ3v) is 3.59. The minimum atomic E-state index is 0.317. The highest BCUT2D eigenvalue weighted by Gasteiger charge is 2.13. The number of nitrogens with zero attached hydrogens (tertiary/aromatic N) is 2. The monoisotopic (exact) mass is 296 g/mol. The Bertz CT molecular complexity index is 808. The lowest BCUT2D eigenvalue weighted by atomic mass is 10.0. The van der Waals surface area contributed by atoms with Crippen LogP contribution < -0.4 is 10.1 Å². The molecule has 0 bridgehead atoms. The van der Waals surface area contributed by atoms with Crippen molar-refractivity contribution in [3.05, 3.63) is 41.7 Å². The Morgan fingerprint density at radius 3 is 2.59 bits per heavy atom. The van der Waals surface area contributed by atoms with Crippen molar-refractivity contribution in [2.75, 3.05) is 12.4 Å². The number of methoxy groups -OCH3 is 1. The largest absolute Gasteiger partial charge is 0.496 e. The summed E-state index contributed by atoms with van der Waals surface area (Å²) in [7, 11) is 1.69. The molecule has 22 heavy (non-hydrogen) atoms. The van der Waals surface area contributed by atoms with Gasteiger partial charge >= 0.3 is 0 Å². The van der Waals surface area contributed by atoms with Crippen molar-refractivity contribution in [2.45, 2.75) is 26.7 Å². The number of nitrogens with one attached hydrogen (secondary N) is 2. The zero-order valence-corrected chi connectivity index (χ0v) is 13.3. The molecule has 5 heteroatoms. The smallest absolute Gasteiger partial charge is 0.153 e. The minimum Gasteiger partial charge on any atom is -0.496 e. The summed E-state index contributed by atoms with van der Waals surface area (Å²) in [6, 6.07) is 10.0. The van der Waals surface area contributed by atoms with Gasteiger partial charge in [-0.05, 0) is 25.0 Å². The van der Waals surface area contributed by atoms with Gasteiger partial charge < -0.3 is 10.1 Å². The van der Waals surface area contributed by atoms with E-state index in [4.69, 9.17) is 9.72 Å². The number of anilines is 2. The van der Waals surface area contributed by atoms with Crippen molar-refractivity contribution < 1.29 is 4.74 Å². The number of aromatic amines is 1. The van der Waals surface area contributed by atoms with E-state index in [1.165, 1.54) is 0 Å². The topological polar surface area (TPSA) is 62.8 Å². The fraction of sp³-hybridized carbons (Fsp3) is 0.294. The number of aromatic nitrogens is 3. The third-order valence-electron chi connectivity index (χ3n) is 3.59. The highest BCUT2D eigenvalue weighted by atomic mass is 16.5. The van der Waals surface area contributed by atoms with Gasteiger partial charge in [-0.1, -0.05) is 26.0 Å². The van der Waals surface area contributed by atoms with Crippen LogP contribution in [-0.2, 0) is 0 Å². The van der Waals surface area contributed by atoms with E-state index < -0.39 is 0 Å². The lowest BCUT2D eigenvalue weighted by Gasteiger charge is -2.14. The maximum atomic E-state index is 5.49. The summed E-state index contributed by atoms with van der Waals surface area (Å²) >= 11 is 0. The molecule has 0 atom stereocenters. The molecule has 0 unspecified atom stereocenters. The Hall–Kier alpha value is -2.56. The summed E-state index contributed by atoms with van der Waals surface area (Å²) in [5.41, 5.74) is 2.05. The first-order valence-corrected chi connectivity index (χ1v) is 7.35. The van der Waals surface area contributed by atoms with E-state index in [1.54, 1.807) is 7.11 Å². The van der Waals surface area contributed by atoms with Gasteiger partial charge in [0.25, 0.3) is 0 Å². The van der Waals surface area contributed by atoms with Crippen LogP contribution in [0.4, 0.5) is 11.6 Å². The van der Waals surface area contributed by atoms with Crippen LogP contribution in [0, 0.1) is 6.92 Å². The highest BCUT2D eigenvalue weighted by molar-refractivity contribution is 5.92. The van der Waals surface area contributed by atoms with E-state index in [9.17, 15) is 0 Å². The molecule has 0 amide bonds. The van der Waals surface area contributed by atoms with Crippen molar-refractivity contribution in [2.24, 2.45) is 0 Å². The summed E-state index contributed by atoms with van der Waals surface area (Å²) in [5.74, 6) is 2.70. The molecule has 2 heterocycles. The van der Waals surface area contributed by atoms with Gasteiger partial charge in [0.2, 0.25) is 0 Å². The molecule has 0 saturated heterocycles. The number of H-pyrrole nitrogens is 1. The molecule has 1 aromatic carbocycles. The van der Waals surface area contributed by atoms with Crippen molar-refractivity contribution in [1.82, 2.24) is 15.2 Å². The number of aryl methyl sites for hydroxylation is 1. The van der Waals surface area contributed by atoms with E-state index in [1.807, 2.05) is 31.2 Å². The fourth-order valence-electron chi connectivity index (χ4n) is 2.57. The Labute approximate surface area is 129 Å². The molecule has 2 N–H and O–H groups in total. The van der Waals surface area contributed by atoms with E-state index in [-0.39, 0.29) is 0 Å². The van der Waals surface area contributed by atoms with Crippen molar-refractivity contribution in [1.29, 1.82) is 0 Å².